The Labute approximate surface area is 200 Å². The summed E-state index contributed by atoms with van der Waals surface area (Å²) in [5.41, 5.74) is 2.63. The van der Waals surface area contributed by atoms with E-state index in [-0.39, 0.29) is 36.2 Å². The maximum Gasteiger partial charge on any atom is 0.318 e. The Morgan fingerprint density at radius 2 is 1.79 bits per heavy atom. The molecule has 34 heavy (non-hydrogen) atoms. The number of aromatic nitrogens is 1. The van der Waals surface area contributed by atoms with E-state index >= 15 is 0 Å². The summed E-state index contributed by atoms with van der Waals surface area (Å²) in [6.45, 7) is 9.28. The Morgan fingerprint density at radius 1 is 1.15 bits per heavy atom. The van der Waals surface area contributed by atoms with Crippen molar-refractivity contribution in [2.24, 2.45) is 0 Å². The molecule has 1 spiro atoms. The molecule has 0 aliphatic carbocycles. The first-order valence-electron chi connectivity index (χ1n) is 12.1. The van der Waals surface area contributed by atoms with E-state index in [4.69, 9.17) is 4.74 Å². The topological polar surface area (TPSA) is 110 Å². The van der Waals surface area contributed by atoms with Crippen molar-refractivity contribution in [3.8, 4) is 5.75 Å². The van der Waals surface area contributed by atoms with Crippen LogP contribution in [0.25, 0.3) is 10.9 Å². The van der Waals surface area contributed by atoms with Crippen LogP contribution in [0.15, 0.2) is 18.2 Å². The first kappa shape index (κ1) is 24.2. The van der Waals surface area contributed by atoms with Gasteiger partial charge in [-0.1, -0.05) is 0 Å². The molecule has 9 heteroatoms. The van der Waals surface area contributed by atoms with Crippen molar-refractivity contribution in [2.75, 3.05) is 33.4 Å². The van der Waals surface area contributed by atoms with Crippen LogP contribution < -0.4 is 15.4 Å². The molecule has 1 atom stereocenters. The lowest BCUT2D eigenvalue weighted by molar-refractivity contribution is 0.0726. The molecular weight excluding hydrogens is 434 g/mol. The number of aromatic amines is 1. The molecule has 4 rings (SSSR count). The number of fused-ring (bicyclic) bond motifs is 4. The quantitative estimate of drug-likeness (QED) is 0.549. The fourth-order valence-electron chi connectivity index (χ4n) is 5.43. The summed E-state index contributed by atoms with van der Waals surface area (Å²) in [6, 6.07) is 5.32. The zero-order valence-electron chi connectivity index (χ0n) is 20.8. The molecule has 3 heterocycles. The Kier molecular flexibility index (Phi) is 6.66. The zero-order chi connectivity index (χ0) is 24.6. The maximum absolute atomic E-state index is 13.2. The number of hydrogen-bond donors (Lipinski definition) is 4. The second-order valence-electron chi connectivity index (χ2n) is 10.1. The van der Waals surface area contributed by atoms with Gasteiger partial charge in [0, 0.05) is 59.8 Å². The molecule has 1 fully saturated rings. The van der Waals surface area contributed by atoms with Crippen LogP contribution in [0.5, 0.6) is 5.75 Å². The summed E-state index contributed by atoms with van der Waals surface area (Å²) in [7, 11) is 1.64. The van der Waals surface area contributed by atoms with Gasteiger partial charge in [-0.2, -0.15) is 0 Å². The largest absolute Gasteiger partial charge is 0.497 e. The number of hydrogen-bond acceptors (Lipinski definition) is 4. The molecule has 0 unspecified atom stereocenters. The summed E-state index contributed by atoms with van der Waals surface area (Å²) in [5, 5.41) is 17.4. The fraction of sp³-hybridized carbons (Fsp3) is 0.600. The molecule has 0 bridgehead atoms. The van der Waals surface area contributed by atoms with E-state index in [1.54, 1.807) is 12.0 Å². The predicted octanol–water partition coefficient (Wildman–Crippen LogP) is 3.10. The van der Waals surface area contributed by atoms with Crippen molar-refractivity contribution in [1.82, 2.24) is 25.4 Å². The van der Waals surface area contributed by atoms with Gasteiger partial charge in [-0.3, -0.25) is 0 Å². The van der Waals surface area contributed by atoms with Crippen molar-refractivity contribution < 1.29 is 19.4 Å². The lowest BCUT2D eigenvalue weighted by atomic mass is 9.68. The fourth-order valence-corrected chi connectivity index (χ4v) is 5.43. The summed E-state index contributed by atoms with van der Waals surface area (Å²) in [5.74, 6) is 0.746. The molecule has 2 aromatic rings. The normalized spacial score (nSPS) is 19.6. The SMILES string of the molecule is COc1ccc2c3c([nH]c2c1)[C@H](CO)N(C(=O)NC(C)C)CC31CCN(C(=O)NC(C)C)CC1. The monoisotopic (exact) mass is 471 g/mol. The molecule has 2 aliphatic heterocycles. The van der Waals surface area contributed by atoms with E-state index in [0.29, 0.717) is 19.6 Å². The second kappa shape index (κ2) is 9.37. The number of benzene rings is 1. The van der Waals surface area contributed by atoms with Gasteiger partial charge in [0.25, 0.3) is 0 Å². The summed E-state index contributed by atoms with van der Waals surface area (Å²) >= 11 is 0. The van der Waals surface area contributed by atoms with E-state index in [0.717, 1.165) is 40.8 Å². The van der Waals surface area contributed by atoms with Crippen molar-refractivity contribution >= 4 is 23.0 Å². The molecular formula is C25H37N5O4. The minimum Gasteiger partial charge on any atom is -0.497 e. The molecule has 1 aromatic carbocycles. The third kappa shape index (κ3) is 4.29. The lowest BCUT2D eigenvalue weighted by Crippen LogP contribution is -2.58. The summed E-state index contributed by atoms with van der Waals surface area (Å²) < 4.78 is 5.42. The van der Waals surface area contributed by atoms with Gasteiger partial charge in [-0.15, -0.1) is 0 Å². The van der Waals surface area contributed by atoms with E-state index in [2.05, 4.69) is 21.7 Å². The number of likely N-dealkylation sites (tertiary alicyclic amines) is 1. The molecule has 2 aliphatic rings. The number of rotatable bonds is 4. The summed E-state index contributed by atoms with van der Waals surface area (Å²) in [4.78, 5) is 33.0. The third-order valence-electron chi connectivity index (χ3n) is 7.01. The van der Waals surface area contributed by atoms with Gasteiger partial charge < -0.3 is 35.3 Å². The van der Waals surface area contributed by atoms with Gasteiger partial charge in [0.05, 0.1) is 19.8 Å². The van der Waals surface area contributed by atoms with E-state index in [1.807, 2.05) is 44.7 Å². The standard InChI is InChI=1S/C25H37N5O4/c1-15(2)26-23(32)29-10-8-25(9-11-29)14-30(24(33)27-16(3)4)20(13-31)22-21(25)18-7-6-17(34-5)12-19(18)28-22/h6-7,12,15-16,20,28,31H,8-11,13-14H2,1-5H3,(H,26,32)(H,27,33)/t20-/m0/s1. The Hall–Kier alpha value is -2.94. The van der Waals surface area contributed by atoms with Gasteiger partial charge in [0.15, 0.2) is 0 Å². The summed E-state index contributed by atoms with van der Waals surface area (Å²) in [6.07, 6.45) is 1.46. The van der Waals surface area contributed by atoms with Crippen LogP contribution >= 0.6 is 0 Å². The molecule has 0 saturated carbocycles. The maximum atomic E-state index is 13.2. The lowest BCUT2D eigenvalue weighted by Gasteiger charge is -2.50. The minimum absolute atomic E-state index is 0.0160. The van der Waals surface area contributed by atoms with Crippen LogP contribution in [0.4, 0.5) is 9.59 Å². The zero-order valence-corrected chi connectivity index (χ0v) is 20.8. The number of ether oxygens (including phenoxy) is 1. The van der Waals surface area contributed by atoms with Crippen molar-refractivity contribution in [3.05, 3.63) is 29.5 Å². The van der Waals surface area contributed by atoms with Crippen molar-refractivity contribution in [1.29, 1.82) is 0 Å². The number of nitrogens with one attached hydrogen (secondary N) is 3. The number of aliphatic hydroxyl groups is 1. The highest BCUT2D eigenvalue weighted by Crippen LogP contribution is 2.49. The van der Waals surface area contributed by atoms with Crippen molar-refractivity contribution in [3.63, 3.8) is 0 Å². The molecule has 186 valence electrons. The number of methoxy groups -OCH3 is 1. The average Bonchev–Trinajstić information content (AvgIpc) is 3.18. The smallest absolute Gasteiger partial charge is 0.318 e. The minimum atomic E-state index is -0.472. The van der Waals surface area contributed by atoms with Gasteiger partial charge in [-0.25, -0.2) is 9.59 Å². The predicted molar refractivity (Wildman–Crippen MR) is 131 cm³/mol. The van der Waals surface area contributed by atoms with Gasteiger partial charge >= 0.3 is 12.1 Å². The highest BCUT2D eigenvalue weighted by Gasteiger charge is 2.49. The molecule has 4 N–H and O–H groups in total. The number of piperidine rings is 1. The van der Waals surface area contributed by atoms with E-state index in [9.17, 15) is 14.7 Å². The van der Waals surface area contributed by atoms with Crippen molar-refractivity contribution in [2.45, 2.75) is 64.1 Å². The highest BCUT2D eigenvalue weighted by atomic mass is 16.5. The Balaban J connectivity index is 1.77. The van der Waals surface area contributed by atoms with E-state index < -0.39 is 6.04 Å². The first-order valence-corrected chi connectivity index (χ1v) is 12.1. The Morgan fingerprint density at radius 3 is 2.38 bits per heavy atom. The van der Waals surface area contributed by atoms with Gasteiger partial charge in [-0.05, 0) is 58.2 Å². The Bertz CT molecular complexity index is 1050. The number of urea groups is 2. The van der Waals surface area contributed by atoms with Crippen LogP contribution in [-0.2, 0) is 5.41 Å². The van der Waals surface area contributed by atoms with Crippen LogP contribution in [0.3, 0.4) is 0 Å². The van der Waals surface area contributed by atoms with Gasteiger partial charge in [0.1, 0.15) is 5.75 Å². The molecule has 9 nitrogen and oxygen atoms in total. The number of H-pyrrole nitrogens is 1. The molecule has 1 aromatic heterocycles. The van der Waals surface area contributed by atoms with Crippen LogP contribution in [0, 0.1) is 0 Å². The molecule has 0 radical (unpaired) electrons. The number of amides is 4. The number of carbonyl (C=O) groups is 2. The third-order valence-corrected chi connectivity index (χ3v) is 7.01. The van der Waals surface area contributed by atoms with Crippen LogP contribution in [0.1, 0.15) is 57.8 Å². The number of carbonyl (C=O) groups excluding carboxylic acids is 2. The van der Waals surface area contributed by atoms with Gasteiger partial charge in [0.2, 0.25) is 0 Å². The van der Waals surface area contributed by atoms with E-state index in [1.165, 1.54) is 0 Å². The molecule has 4 amide bonds. The first-order chi connectivity index (χ1) is 16.2. The molecule has 1 saturated heterocycles. The number of nitrogens with zero attached hydrogens (tertiary/aromatic N) is 2. The average molecular weight is 472 g/mol. The highest BCUT2D eigenvalue weighted by molar-refractivity contribution is 5.89. The number of aliphatic hydroxyl groups excluding tert-OH is 1. The second-order valence-corrected chi connectivity index (χ2v) is 10.1. The van der Waals surface area contributed by atoms with Crippen LogP contribution in [0.2, 0.25) is 0 Å². The van der Waals surface area contributed by atoms with Crippen LogP contribution in [-0.4, -0.2) is 77.4 Å².